The summed E-state index contributed by atoms with van der Waals surface area (Å²) in [4.78, 5) is 10.6. The van der Waals surface area contributed by atoms with Gasteiger partial charge < -0.3 is 0 Å². The highest BCUT2D eigenvalue weighted by molar-refractivity contribution is 6.32. The van der Waals surface area contributed by atoms with Crippen LogP contribution in [0.4, 0.5) is 8.78 Å². The molecule has 1 atom stereocenters. The molecular formula is C7H11ClF2O. The van der Waals surface area contributed by atoms with E-state index in [0.717, 1.165) is 0 Å². The largest absolute Gasteiger partial charge is 0.380 e. The first-order chi connectivity index (χ1) is 4.88. The van der Waals surface area contributed by atoms with Crippen LogP contribution in [-0.4, -0.2) is 11.2 Å². The van der Waals surface area contributed by atoms with Gasteiger partial charge in [0.15, 0.2) is 0 Å². The highest BCUT2D eigenvalue weighted by atomic mass is 35.5. The Morgan fingerprint density at radius 1 is 1.64 bits per heavy atom. The van der Waals surface area contributed by atoms with Gasteiger partial charge in [0.1, 0.15) is 0 Å². The number of carbonyl (C=O) groups excluding carboxylic acids is 1. The molecule has 0 spiro atoms. The van der Waals surface area contributed by atoms with E-state index in [0.29, 0.717) is 6.42 Å². The van der Waals surface area contributed by atoms with Crippen molar-refractivity contribution in [1.29, 1.82) is 0 Å². The molecule has 11 heavy (non-hydrogen) atoms. The van der Waals surface area contributed by atoms with Crippen LogP contribution >= 0.6 is 11.6 Å². The van der Waals surface area contributed by atoms with Gasteiger partial charge in [-0.1, -0.05) is 20.3 Å². The summed E-state index contributed by atoms with van der Waals surface area (Å²) in [6, 6.07) is 0. The van der Waals surface area contributed by atoms with Gasteiger partial charge in [-0.25, -0.2) is 0 Å². The highest BCUT2D eigenvalue weighted by Crippen LogP contribution is 2.24. The summed E-state index contributed by atoms with van der Waals surface area (Å²) in [5, 5.41) is -3.68. The maximum absolute atomic E-state index is 12.0. The predicted octanol–water partition coefficient (Wildman–Crippen LogP) is 2.82. The Kier molecular flexibility index (Phi) is 3.93. The van der Waals surface area contributed by atoms with Crippen LogP contribution in [0, 0.1) is 5.92 Å². The Morgan fingerprint density at radius 2 is 2.09 bits per heavy atom. The van der Waals surface area contributed by atoms with Crippen LogP contribution in [0.25, 0.3) is 0 Å². The van der Waals surface area contributed by atoms with Gasteiger partial charge in [-0.3, -0.25) is 4.79 Å². The maximum Gasteiger partial charge on any atom is 0.380 e. The minimum absolute atomic E-state index is 0.0212. The number of alkyl halides is 3. The third-order valence-electron chi connectivity index (χ3n) is 1.55. The van der Waals surface area contributed by atoms with Crippen LogP contribution in [0.1, 0.15) is 26.7 Å². The topological polar surface area (TPSA) is 17.1 Å². The zero-order chi connectivity index (χ0) is 9.07. The van der Waals surface area contributed by atoms with Gasteiger partial charge >= 0.3 is 5.38 Å². The number of carbonyl (C=O) groups is 1. The zero-order valence-electron chi connectivity index (χ0n) is 6.53. The molecule has 0 saturated heterocycles. The quantitative estimate of drug-likeness (QED) is 0.614. The number of Topliss-reactive ketones (excluding diaryl/α,β-unsaturated/α-hetero) is 1. The monoisotopic (exact) mass is 184 g/mol. The van der Waals surface area contributed by atoms with Crippen molar-refractivity contribution in [2.24, 2.45) is 5.92 Å². The standard InChI is InChI=1S/C7H11ClF2O/c1-3-5(2)4-6(11)7(8,9)10/h5H,3-4H2,1-2H3. The van der Waals surface area contributed by atoms with Crippen molar-refractivity contribution in [3.05, 3.63) is 0 Å². The molecule has 4 heteroatoms. The van der Waals surface area contributed by atoms with E-state index in [1.807, 2.05) is 6.92 Å². The Labute approximate surface area is 69.7 Å². The van der Waals surface area contributed by atoms with E-state index in [4.69, 9.17) is 0 Å². The summed E-state index contributed by atoms with van der Waals surface area (Å²) < 4.78 is 24.1. The number of hydrogen-bond donors (Lipinski definition) is 0. The third kappa shape index (κ3) is 4.30. The van der Waals surface area contributed by atoms with E-state index in [9.17, 15) is 13.6 Å². The van der Waals surface area contributed by atoms with E-state index < -0.39 is 11.2 Å². The number of ketones is 1. The summed E-state index contributed by atoms with van der Waals surface area (Å²) >= 11 is 4.50. The molecular weight excluding hydrogens is 174 g/mol. The second-order valence-corrected chi connectivity index (χ2v) is 3.11. The van der Waals surface area contributed by atoms with Crippen molar-refractivity contribution in [1.82, 2.24) is 0 Å². The Morgan fingerprint density at radius 3 is 2.36 bits per heavy atom. The first-order valence-electron chi connectivity index (χ1n) is 3.48. The van der Waals surface area contributed by atoms with Crippen molar-refractivity contribution in [3.8, 4) is 0 Å². The molecule has 0 aliphatic heterocycles. The van der Waals surface area contributed by atoms with E-state index in [1.165, 1.54) is 0 Å². The third-order valence-corrected chi connectivity index (χ3v) is 1.76. The first kappa shape index (κ1) is 10.8. The Bertz CT molecular complexity index is 142. The second kappa shape index (κ2) is 4.00. The van der Waals surface area contributed by atoms with E-state index >= 15 is 0 Å². The molecule has 0 fully saturated rings. The lowest BCUT2D eigenvalue weighted by Crippen LogP contribution is -2.23. The molecule has 0 rings (SSSR count). The van der Waals surface area contributed by atoms with Gasteiger partial charge in [-0.05, 0) is 17.5 Å². The number of rotatable bonds is 4. The smallest absolute Gasteiger partial charge is 0.291 e. The van der Waals surface area contributed by atoms with Crippen LogP contribution in [0.5, 0.6) is 0 Å². The highest BCUT2D eigenvalue weighted by Gasteiger charge is 2.35. The van der Waals surface area contributed by atoms with Gasteiger partial charge in [0.2, 0.25) is 5.78 Å². The summed E-state index contributed by atoms with van der Waals surface area (Å²) in [6.45, 7) is 3.57. The van der Waals surface area contributed by atoms with E-state index in [1.54, 1.807) is 6.92 Å². The van der Waals surface area contributed by atoms with Crippen molar-refractivity contribution in [2.45, 2.75) is 32.1 Å². The molecule has 0 saturated carbocycles. The Hall–Kier alpha value is -0.180. The molecule has 0 radical (unpaired) electrons. The fourth-order valence-electron chi connectivity index (χ4n) is 0.577. The van der Waals surface area contributed by atoms with Gasteiger partial charge in [0.25, 0.3) is 0 Å². The summed E-state index contributed by atoms with van der Waals surface area (Å²) in [7, 11) is 0. The Balaban J connectivity index is 3.88. The van der Waals surface area contributed by atoms with Gasteiger partial charge in [0, 0.05) is 6.42 Å². The van der Waals surface area contributed by atoms with Crippen molar-refractivity contribution in [2.75, 3.05) is 0 Å². The van der Waals surface area contributed by atoms with Crippen LogP contribution in [0.3, 0.4) is 0 Å². The molecule has 0 aliphatic carbocycles. The lowest BCUT2D eigenvalue weighted by Gasteiger charge is -2.09. The zero-order valence-corrected chi connectivity index (χ0v) is 7.29. The SMILES string of the molecule is CCC(C)CC(=O)C(F)(F)Cl. The number of halogens is 3. The van der Waals surface area contributed by atoms with Crippen LogP contribution in [0.2, 0.25) is 0 Å². The molecule has 0 bridgehead atoms. The average Bonchev–Trinajstić information content (AvgIpc) is 1.85. The lowest BCUT2D eigenvalue weighted by atomic mass is 10.0. The average molecular weight is 185 g/mol. The molecule has 0 amide bonds. The molecule has 0 aromatic rings. The minimum Gasteiger partial charge on any atom is -0.291 e. The lowest BCUT2D eigenvalue weighted by molar-refractivity contribution is -0.134. The molecule has 0 aromatic carbocycles. The summed E-state index contributed by atoms with van der Waals surface area (Å²) in [5.74, 6) is -1.21. The predicted molar refractivity (Wildman–Crippen MR) is 39.9 cm³/mol. The molecule has 1 nitrogen and oxygen atoms in total. The summed E-state index contributed by atoms with van der Waals surface area (Å²) in [6.07, 6.45) is 0.561. The normalized spacial score (nSPS) is 14.6. The maximum atomic E-state index is 12.0. The minimum atomic E-state index is -3.68. The molecule has 66 valence electrons. The number of hydrogen-bond acceptors (Lipinski definition) is 1. The van der Waals surface area contributed by atoms with Crippen molar-refractivity contribution < 1.29 is 13.6 Å². The fourth-order valence-corrected chi connectivity index (χ4v) is 0.654. The molecule has 1 unspecified atom stereocenters. The molecule has 0 N–H and O–H groups in total. The van der Waals surface area contributed by atoms with Gasteiger partial charge in [-0.2, -0.15) is 8.78 Å². The van der Waals surface area contributed by atoms with Crippen LogP contribution < -0.4 is 0 Å². The van der Waals surface area contributed by atoms with Crippen molar-refractivity contribution in [3.63, 3.8) is 0 Å². The van der Waals surface area contributed by atoms with E-state index in [-0.39, 0.29) is 12.3 Å². The van der Waals surface area contributed by atoms with Crippen LogP contribution in [0.15, 0.2) is 0 Å². The first-order valence-corrected chi connectivity index (χ1v) is 3.85. The summed E-state index contributed by atoms with van der Waals surface area (Å²) in [5.41, 5.74) is 0. The van der Waals surface area contributed by atoms with E-state index in [2.05, 4.69) is 11.6 Å². The molecule has 0 aliphatic rings. The van der Waals surface area contributed by atoms with Crippen molar-refractivity contribution >= 4 is 17.4 Å². The van der Waals surface area contributed by atoms with Gasteiger partial charge in [-0.15, -0.1) is 0 Å². The fraction of sp³-hybridized carbons (Fsp3) is 0.857. The van der Waals surface area contributed by atoms with Crippen LogP contribution in [-0.2, 0) is 4.79 Å². The molecule has 0 heterocycles. The second-order valence-electron chi connectivity index (χ2n) is 2.64. The van der Waals surface area contributed by atoms with Gasteiger partial charge in [0.05, 0.1) is 0 Å². The molecule has 0 aromatic heterocycles.